The number of amides is 1. The second-order valence-corrected chi connectivity index (χ2v) is 9.80. The van der Waals surface area contributed by atoms with Crippen LogP contribution in [-0.4, -0.2) is 20.4 Å². The van der Waals surface area contributed by atoms with Gasteiger partial charge in [-0.3, -0.25) is 4.79 Å². The van der Waals surface area contributed by atoms with Gasteiger partial charge in [-0.1, -0.05) is 44.9 Å². The maximum Gasteiger partial charge on any atom is 0.287 e. The lowest BCUT2D eigenvalue weighted by molar-refractivity contribution is 0.0861. The molecular formula is C21H26FNO4S. The van der Waals surface area contributed by atoms with Crippen LogP contribution in [0.1, 0.15) is 55.0 Å². The van der Waals surface area contributed by atoms with E-state index in [1.807, 2.05) is 0 Å². The van der Waals surface area contributed by atoms with Crippen molar-refractivity contribution in [2.24, 2.45) is 11.8 Å². The first kappa shape index (κ1) is 20.6. The number of nitrogens with one attached hydrogen (secondary N) is 1. The van der Waals surface area contributed by atoms with Crippen molar-refractivity contribution in [1.82, 2.24) is 5.32 Å². The van der Waals surface area contributed by atoms with Crippen molar-refractivity contribution in [2.45, 2.75) is 50.7 Å². The zero-order valence-corrected chi connectivity index (χ0v) is 17.0. The Morgan fingerprint density at radius 3 is 2.64 bits per heavy atom. The molecule has 2 aromatic rings. The van der Waals surface area contributed by atoms with Crippen molar-refractivity contribution >= 4 is 15.7 Å². The predicted octanol–water partition coefficient (Wildman–Crippen LogP) is 4.09. The van der Waals surface area contributed by atoms with Gasteiger partial charge < -0.3 is 9.73 Å². The molecule has 1 N–H and O–H groups in total. The van der Waals surface area contributed by atoms with Crippen molar-refractivity contribution in [2.75, 3.05) is 0 Å². The van der Waals surface area contributed by atoms with Crippen LogP contribution in [0.5, 0.6) is 0 Å². The number of hydrogen-bond donors (Lipinski definition) is 1. The minimum Gasteiger partial charge on any atom is -0.455 e. The molecule has 3 rings (SSSR count). The largest absolute Gasteiger partial charge is 0.455 e. The van der Waals surface area contributed by atoms with E-state index in [0.29, 0.717) is 11.8 Å². The van der Waals surface area contributed by atoms with Crippen LogP contribution in [0.4, 0.5) is 4.39 Å². The van der Waals surface area contributed by atoms with E-state index in [1.165, 1.54) is 30.3 Å². The average Bonchev–Trinajstić information content (AvgIpc) is 3.08. The van der Waals surface area contributed by atoms with E-state index in [4.69, 9.17) is 4.42 Å². The molecule has 0 saturated heterocycles. The Balaban J connectivity index is 1.63. The van der Waals surface area contributed by atoms with Crippen molar-refractivity contribution < 1.29 is 22.0 Å². The number of rotatable bonds is 6. The molecule has 0 spiro atoms. The molecule has 1 aliphatic carbocycles. The molecule has 7 heteroatoms. The Labute approximate surface area is 165 Å². The highest BCUT2D eigenvalue weighted by atomic mass is 32.2. The molecule has 0 radical (unpaired) electrons. The summed E-state index contributed by atoms with van der Waals surface area (Å²) >= 11 is 0. The van der Waals surface area contributed by atoms with Gasteiger partial charge in [-0.05, 0) is 36.5 Å². The summed E-state index contributed by atoms with van der Waals surface area (Å²) in [6.07, 6.45) is 3.17. The second kappa shape index (κ2) is 8.47. The topological polar surface area (TPSA) is 76.4 Å². The van der Waals surface area contributed by atoms with E-state index in [2.05, 4.69) is 19.2 Å². The van der Waals surface area contributed by atoms with Gasteiger partial charge in [0.05, 0.1) is 5.75 Å². The fourth-order valence-electron chi connectivity index (χ4n) is 3.72. The van der Waals surface area contributed by atoms with Gasteiger partial charge in [0.15, 0.2) is 15.6 Å². The Morgan fingerprint density at radius 1 is 1.14 bits per heavy atom. The van der Waals surface area contributed by atoms with Crippen LogP contribution in [0.3, 0.4) is 0 Å². The molecule has 1 heterocycles. The SMILES string of the molecule is CC1CCCC(NC(=O)c2ccc(CS(=O)(=O)Cc3ccccc3F)o2)C1C. The Bertz CT molecular complexity index is 937. The Hall–Kier alpha value is -2.15. The molecular weight excluding hydrogens is 381 g/mol. The Morgan fingerprint density at radius 2 is 1.89 bits per heavy atom. The van der Waals surface area contributed by atoms with Crippen LogP contribution >= 0.6 is 0 Å². The normalized spacial score (nSPS) is 22.8. The molecule has 1 fully saturated rings. The van der Waals surface area contributed by atoms with Crippen LogP contribution < -0.4 is 5.32 Å². The standard InChI is InChI=1S/C21H26FNO4S/c1-14-6-5-9-19(15(14)2)23-21(24)20-11-10-17(27-20)13-28(25,26)12-16-7-3-4-8-18(16)22/h3-4,7-8,10-11,14-15,19H,5-6,9,12-13H2,1-2H3,(H,23,24). The quantitative estimate of drug-likeness (QED) is 0.783. The number of carbonyl (C=O) groups excluding carboxylic acids is 1. The average molecular weight is 408 g/mol. The lowest BCUT2D eigenvalue weighted by atomic mass is 9.78. The van der Waals surface area contributed by atoms with Gasteiger partial charge >= 0.3 is 0 Å². The van der Waals surface area contributed by atoms with E-state index in [-0.39, 0.29) is 34.8 Å². The number of halogens is 1. The fraction of sp³-hybridized carbons (Fsp3) is 0.476. The first-order chi connectivity index (χ1) is 13.2. The van der Waals surface area contributed by atoms with Crippen molar-refractivity contribution in [3.8, 4) is 0 Å². The fourth-order valence-corrected chi connectivity index (χ4v) is 5.12. The van der Waals surface area contributed by atoms with Crippen LogP contribution in [0, 0.1) is 17.7 Å². The third-order valence-corrected chi connectivity index (χ3v) is 7.08. The van der Waals surface area contributed by atoms with Gasteiger partial charge in [-0.25, -0.2) is 12.8 Å². The van der Waals surface area contributed by atoms with Gasteiger partial charge in [0.2, 0.25) is 0 Å². The van der Waals surface area contributed by atoms with Crippen LogP contribution in [0.25, 0.3) is 0 Å². The van der Waals surface area contributed by atoms with E-state index in [9.17, 15) is 17.6 Å². The number of sulfone groups is 1. The van der Waals surface area contributed by atoms with Crippen LogP contribution in [0.2, 0.25) is 0 Å². The zero-order valence-electron chi connectivity index (χ0n) is 16.2. The Kier molecular flexibility index (Phi) is 6.23. The van der Waals surface area contributed by atoms with E-state index >= 15 is 0 Å². The molecule has 1 aromatic carbocycles. The van der Waals surface area contributed by atoms with Crippen molar-refractivity contribution in [3.63, 3.8) is 0 Å². The maximum atomic E-state index is 13.7. The molecule has 1 aromatic heterocycles. The monoisotopic (exact) mass is 407 g/mol. The van der Waals surface area contributed by atoms with Gasteiger partial charge in [-0.15, -0.1) is 0 Å². The number of furan rings is 1. The molecule has 0 bridgehead atoms. The molecule has 1 amide bonds. The van der Waals surface area contributed by atoms with Gasteiger partial charge in [0, 0.05) is 11.6 Å². The minimum atomic E-state index is -3.63. The molecule has 28 heavy (non-hydrogen) atoms. The first-order valence-corrected chi connectivity index (χ1v) is 11.4. The van der Waals surface area contributed by atoms with Crippen LogP contribution in [0.15, 0.2) is 40.8 Å². The summed E-state index contributed by atoms with van der Waals surface area (Å²) in [5.41, 5.74) is 0.118. The second-order valence-electron chi connectivity index (χ2n) is 7.74. The molecule has 152 valence electrons. The minimum absolute atomic E-state index is 0.0922. The van der Waals surface area contributed by atoms with E-state index < -0.39 is 21.4 Å². The van der Waals surface area contributed by atoms with Gasteiger partial charge in [-0.2, -0.15) is 0 Å². The summed E-state index contributed by atoms with van der Waals surface area (Å²) in [4.78, 5) is 12.5. The summed E-state index contributed by atoms with van der Waals surface area (Å²) in [5.74, 6) is -0.480. The third kappa shape index (κ3) is 5.01. The summed E-state index contributed by atoms with van der Waals surface area (Å²) in [7, 11) is -3.63. The van der Waals surface area contributed by atoms with Crippen molar-refractivity contribution in [3.05, 3.63) is 59.3 Å². The highest BCUT2D eigenvalue weighted by molar-refractivity contribution is 7.89. The molecule has 5 nitrogen and oxygen atoms in total. The summed E-state index contributed by atoms with van der Waals surface area (Å²) in [6, 6.07) is 8.84. The molecule has 3 atom stereocenters. The number of carbonyl (C=O) groups is 1. The highest BCUT2D eigenvalue weighted by Gasteiger charge is 2.29. The van der Waals surface area contributed by atoms with Gasteiger partial charge in [0.1, 0.15) is 17.3 Å². The number of hydrogen-bond acceptors (Lipinski definition) is 4. The first-order valence-electron chi connectivity index (χ1n) is 9.58. The third-order valence-electron chi connectivity index (χ3n) is 5.60. The highest BCUT2D eigenvalue weighted by Crippen LogP contribution is 2.29. The molecule has 3 unspecified atom stereocenters. The van der Waals surface area contributed by atoms with E-state index in [0.717, 1.165) is 19.3 Å². The van der Waals surface area contributed by atoms with Gasteiger partial charge in [0.25, 0.3) is 5.91 Å². The lowest BCUT2D eigenvalue weighted by Crippen LogP contribution is -2.43. The number of benzene rings is 1. The van der Waals surface area contributed by atoms with Crippen LogP contribution in [-0.2, 0) is 21.3 Å². The smallest absolute Gasteiger partial charge is 0.287 e. The predicted molar refractivity (Wildman–Crippen MR) is 105 cm³/mol. The zero-order chi connectivity index (χ0) is 20.3. The van der Waals surface area contributed by atoms with E-state index in [1.54, 1.807) is 6.07 Å². The van der Waals surface area contributed by atoms with Crippen molar-refractivity contribution in [1.29, 1.82) is 0 Å². The molecule has 1 aliphatic rings. The summed E-state index contributed by atoms with van der Waals surface area (Å²) in [5, 5.41) is 3.01. The maximum absolute atomic E-state index is 13.7. The lowest BCUT2D eigenvalue weighted by Gasteiger charge is -2.34. The summed E-state index contributed by atoms with van der Waals surface area (Å²) < 4.78 is 43.9. The summed E-state index contributed by atoms with van der Waals surface area (Å²) in [6.45, 7) is 4.33. The molecule has 1 saturated carbocycles. The molecule has 0 aliphatic heterocycles.